The molecule has 0 atom stereocenters. The van der Waals surface area contributed by atoms with E-state index in [1.165, 1.54) is 31.4 Å². The molecule has 0 radical (unpaired) electrons. The number of nitrogen functional groups attached to an aromatic ring is 1. The second-order valence-electron chi connectivity index (χ2n) is 4.52. The van der Waals surface area contributed by atoms with Gasteiger partial charge in [0, 0.05) is 6.54 Å². The molecule has 1 heterocycles. The molecule has 1 aromatic heterocycles. The molecule has 2 aromatic rings. The summed E-state index contributed by atoms with van der Waals surface area (Å²) < 4.78 is 2.13. The number of thioether (sulfide) groups is 1. The van der Waals surface area contributed by atoms with E-state index in [0.29, 0.717) is 5.95 Å². The fourth-order valence-corrected chi connectivity index (χ4v) is 2.69. The SMILES string of the molecule is CSCCCCCCn1c(N)nc2ccccc21. The van der Waals surface area contributed by atoms with E-state index in [0.717, 1.165) is 17.6 Å². The highest BCUT2D eigenvalue weighted by atomic mass is 32.2. The van der Waals surface area contributed by atoms with Crippen LogP contribution < -0.4 is 5.73 Å². The van der Waals surface area contributed by atoms with E-state index in [4.69, 9.17) is 5.73 Å². The van der Waals surface area contributed by atoms with Gasteiger partial charge in [-0.1, -0.05) is 25.0 Å². The molecule has 0 fully saturated rings. The third-order valence-corrected chi connectivity index (χ3v) is 3.86. The molecule has 2 rings (SSSR count). The van der Waals surface area contributed by atoms with Crippen LogP contribution in [0, 0.1) is 0 Å². The number of nitrogens with two attached hydrogens (primary N) is 1. The first-order valence-electron chi connectivity index (χ1n) is 6.52. The number of nitrogens with zero attached hydrogens (tertiary/aromatic N) is 2. The zero-order chi connectivity index (χ0) is 12.8. The van der Waals surface area contributed by atoms with Gasteiger partial charge in [0.2, 0.25) is 5.95 Å². The Kier molecular flexibility index (Phi) is 4.93. The summed E-state index contributed by atoms with van der Waals surface area (Å²) in [6.45, 7) is 0.978. The van der Waals surface area contributed by atoms with Crippen LogP contribution in [-0.4, -0.2) is 21.6 Å². The number of benzene rings is 1. The smallest absolute Gasteiger partial charge is 0.201 e. The Hall–Kier alpha value is -1.16. The maximum atomic E-state index is 5.96. The summed E-state index contributed by atoms with van der Waals surface area (Å²) in [5.41, 5.74) is 8.11. The van der Waals surface area contributed by atoms with Gasteiger partial charge in [-0.3, -0.25) is 0 Å². The number of fused-ring (bicyclic) bond motifs is 1. The molecular formula is C14H21N3S. The Morgan fingerprint density at radius 1 is 1.17 bits per heavy atom. The Labute approximate surface area is 113 Å². The molecule has 0 aliphatic carbocycles. The summed E-state index contributed by atoms with van der Waals surface area (Å²) >= 11 is 1.93. The molecule has 0 amide bonds. The van der Waals surface area contributed by atoms with Crippen molar-refractivity contribution in [3.05, 3.63) is 24.3 Å². The molecule has 2 N–H and O–H groups in total. The molecule has 4 heteroatoms. The summed E-state index contributed by atoms with van der Waals surface area (Å²) in [4.78, 5) is 4.38. The average molecular weight is 263 g/mol. The van der Waals surface area contributed by atoms with E-state index in [2.05, 4.69) is 21.9 Å². The van der Waals surface area contributed by atoms with Gasteiger partial charge in [0.1, 0.15) is 0 Å². The van der Waals surface area contributed by atoms with E-state index in [1.54, 1.807) is 0 Å². The summed E-state index contributed by atoms with van der Waals surface area (Å²) in [6.07, 6.45) is 7.25. The van der Waals surface area contributed by atoms with Gasteiger partial charge in [0.25, 0.3) is 0 Å². The van der Waals surface area contributed by atoms with Crippen LogP contribution in [0.4, 0.5) is 5.95 Å². The second kappa shape index (κ2) is 6.69. The predicted octanol–water partition coefficient (Wildman–Crippen LogP) is 3.54. The van der Waals surface area contributed by atoms with Crippen molar-refractivity contribution in [1.29, 1.82) is 0 Å². The average Bonchev–Trinajstić information content (AvgIpc) is 2.70. The third-order valence-electron chi connectivity index (χ3n) is 3.16. The lowest BCUT2D eigenvalue weighted by Crippen LogP contribution is -2.03. The first kappa shape index (κ1) is 13.3. The predicted molar refractivity (Wildman–Crippen MR) is 81.0 cm³/mol. The summed E-state index contributed by atoms with van der Waals surface area (Å²) in [6, 6.07) is 8.15. The van der Waals surface area contributed by atoms with Crippen LogP contribution in [0.3, 0.4) is 0 Å². The van der Waals surface area contributed by atoms with Gasteiger partial charge in [-0.15, -0.1) is 0 Å². The van der Waals surface area contributed by atoms with Gasteiger partial charge in [-0.2, -0.15) is 11.8 Å². The molecule has 0 saturated heterocycles. The number of aryl methyl sites for hydroxylation is 1. The summed E-state index contributed by atoms with van der Waals surface area (Å²) in [7, 11) is 0. The third kappa shape index (κ3) is 3.19. The van der Waals surface area contributed by atoms with Gasteiger partial charge in [-0.25, -0.2) is 4.98 Å². The Balaban J connectivity index is 1.89. The summed E-state index contributed by atoms with van der Waals surface area (Å²) in [5, 5.41) is 0. The van der Waals surface area contributed by atoms with Crippen LogP contribution in [0.1, 0.15) is 25.7 Å². The van der Waals surface area contributed by atoms with Crippen molar-refractivity contribution in [2.24, 2.45) is 0 Å². The first-order chi connectivity index (χ1) is 8.83. The molecule has 0 bridgehead atoms. The van der Waals surface area contributed by atoms with Crippen molar-refractivity contribution in [3.8, 4) is 0 Å². The highest BCUT2D eigenvalue weighted by molar-refractivity contribution is 7.98. The van der Waals surface area contributed by atoms with E-state index < -0.39 is 0 Å². The van der Waals surface area contributed by atoms with Crippen LogP contribution in [-0.2, 0) is 6.54 Å². The van der Waals surface area contributed by atoms with Crippen molar-refractivity contribution >= 4 is 28.7 Å². The Bertz CT molecular complexity index is 493. The lowest BCUT2D eigenvalue weighted by molar-refractivity contribution is 0.597. The molecule has 0 aliphatic heterocycles. The van der Waals surface area contributed by atoms with Crippen molar-refractivity contribution < 1.29 is 0 Å². The molecule has 1 aromatic carbocycles. The van der Waals surface area contributed by atoms with Crippen LogP contribution in [0.5, 0.6) is 0 Å². The van der Waals surface area contributed by atoms with E-state index in [-0.39, 0.29) is 0 Å². The van der Waals surface area contributed by atoms with Gasteiger partial charge in [0.15, 0.2) is 0 Å². The van der Waals surface area contributed by atoms with Crippen molar-refractivity contribution in [2.75, 3.05) is 17.7 Å². The van der Waals surface area contributed by atoms with E-state index >= 15 is 0 Å². The zero-order valence-corrected chi connectivity index (χ0v) is 11.7. The highest BCUT2D eigenvalue weighted by Crippen LogP contribution is 2.18. The number of hydrogen-bond donors (Lipinski definition) is 1. The van der Waals surface area contributed by atoms with Crippen molar-refractivity contribution in [2.45, 2.75) is 32.2 Å². The van der Waals surface area contributed by atoms with Crippen molar-refractivity contribution in [1.82, 2.24) is 9.55 Å². The first-order valence-corrected chi connectivity index (χ1v) is 7.92. The van der Waals surface area contributed by atoms with Crippen LogP contribution in [0.15, 0.2) is 24.3 Å². The van der Waals surface area contributed by atoms with Gasteiger partial charge in [0.05, 0.1) is 11.0 Å². The zero-order valence-electron chi connectivity index (χ0n) is 10.9. The van der Waals surface area contributed by atoms with E-state index in [1.807, 2.05) is 30.0 Å². The molecule has 3 nitrogen and oxygen atoms in total. The van der Waals surface area contributed by atoms with Crippen molar-refractivity contribution in [3.63, 3.8) is 0 Å². The monoisotopic (exact) mass is 263 g/mol. The second-order valence-corrected chi connectivity index (χ2v) is 5.50. The maximum Gasteiger partial charge on any atom is 0.201 e. The molecule has 98 valence electrons. The minimum atomic E-state index is 0.639. The normalized spacial score (nSPS) is 11.2. The standard InChI is InChI=1S/C14H21N3S/c1-18-11-7-3-2-6-10-17-13-9-5-4-8-12(13)16-14(17)15/h4-5,8-9H,2-3,6-7,10-11H2,1H3,(H2,15,16). The minimum Gasteiger partial charge on any atom is -0.369 e. The number of rotatable bonds is 7. The Morgan fingerprint density at radius 3 is 2.78 bits per heavy atom. The van der Waals surface area contributed by atoms with Crippen LogP contribution >= 0.6 is 11.8 Å². The summed E-state index contributed by atoms with van der Waals surface area (Å²) in [5.74, 6) is 1.91. The molecule has 18 heavy (non-hydrogen) atoms. The lowest BCUT2D eigenvalue weighted by atomic mass is 10.2. The number of hydrogen-bond acceptors (Lipinski definition) is 3. The Morgan fingerprint density at radius 2 is 1.94 bits per heavy atom. The fourth-order valence-electron chi connectivity index (χ4n) is 2.20. The quantitative estimate of drug-likeness (QED) is 0.777. The molecule has 0 spiro atoms. The highest BCUT2D eigenvalue weighted by Gasteiger charge is 2.06. The fraction of sp³-hybridized carbons (Fsp3) is 0.500. The largest absolute Gasteiger partial charge is 0.369 e. The number of anilines is 1. The number of imidazole rings is 1. The van der Waals surface area contributed by atoms with Gasteiger partial charge in [-0.05, 0) is 37.0 Å². The van der Waals surface area contributed by atoms with Crippen LogP contribution in [0.2, 0.25) is 0 Å². The molecular weight excluding hydrogens is 242 g/mol. The number of unbranched alkanes of at least 4 members (excludes halogenated alkanes) is 3. The molecule has 0 unspecified atom stereocenters. The van der Waals surface area contributed by atoms with E-state index in [9.17, 15) is 0 Å². The minimum absolute atomic E-state index is 0.639. The lowest BCUT2D eigenvalue weighted by Gasteiger charge is -2.06. The topological polar surface area (TPSA) is 43.8 Å². The number of para-hydroxylation sites is 2. The van der Waals surface area contributed by atoms with Gasteiger partial charge < -0.3 is 10.3 Å². The van der Waals surface area contributed by atoms with Crippen LogP contribution in [0.25, 0.3) is 11.0 Å². The molecule has 0 saturated carbocycles. The number of aromatic nitrogens is 2. The van der Waals surface area contributed by atoms with Gasteiger partial charge >= 0.3 is 0 Å². The molecule has 0 aliphatic rings. The maximum absolute atomic E-state index is 5.96.